The number of aliphatic hydroxyl groups is 1. The maximum atomic E-state index is 15.4. The van der Waals surface area contributed by atoms with E-state index in [2.05, 4.69) is 6.58 Å². The van der Waals surface area contributed by atoms with Crippen LogP contribution in [0.5, 0.6) is 0 Å². The summed E-state index contributed by atoms with van der Waals surface area (Å²) in [6.07, 6.45) is -6.99. The molecule has 4 aliphatic rings. The summed E-state index contributed by atoms with van der Waals surface area (Å²) in [5.74, 6) is -7.93. The lowest BCUT2D eigenvalue weighted by molar-refractivity contribution is -0.317. The van der Waals surface area contributed by atoms with Crippen LogP contribution in [0.3, 0.4) is 0 Å². The molecule has 2 aliphatic heterocycles. The van der Waals surface area contributed by atoms with Crippen molar-refractivity contribution in [3.05, 3.63) is 36.3 Å². The number of cyclic esters (lactones) is 1. The lowest BCUT2D eigenvalue weighted by Gasteiger charge is -2.62. The zero-order valence-electron chi connectivity index (χ0n) is 29.1. The lowest BCUT2D eigenvalue weighted by Crippen LogP contribution is -2.75. The third-order valence-electron chi connectivity index (χ3n) is 11.4. The van der Waals surface area contributed by atoms with Gasteiger partial charge in [-0.2, -0.15) is 0 Å². The van der Waals surface area contributed by atoms with E-state index in [0.717, 1.165) is 6.92 Å². The van der Waals surface area contributed by atoms with Crippen molar-refractivity contribution >= 4 is 35.6 Å². The van der Waals surface area contributed by atoms with Gasteiger partial charge < -0.3 is 37.9 Å². The molecule has 0 amide bonds. The van der Waals surface area contributed by atoms with Crippen LogP contribution in [0.4, 0.5) is 0 Å². The average Bonchev–Trinajstić information content (AvgIpc) is 3.59. The van der Waals surface area contributed by atoms with Crippen LogP contribution in [0.1, 0.15) is 73.5 Å². The number of methoxy groups -OCH3 is 1. The minimum Gasteiger partial charge on any atom is -0.472 e. The van der Waals surface area contributed by atoms with E-state index in [1.165, 1.54) is 46.5 Å². The van der Waals surface area contributed by atoms with Crippen LogP contribution in [0.15, 0.2) is 35.2 Å². The van der Waals surface area contributed by atoms with Crippen LogP contribution in [-0.2, 0) is 57.2 Å². The monoisotopic (exact) mass is 688 g/mol. The van der Waals surface area contributed by atoms with Crippen LogP contribution in [0, 0.1) is 34.0 Å². The van der Waals surface area contributed by atoms with Gasteiger partial charge in [-0.1, -0.05) is 34.3 Å². The molecule has 0 aromatic carbocycles. The normalized spacial score (nSPS) is 39.2. The Morgan fingerprint density at radius 1 is 1.02 bits per heavy atom. The fourth-order valence-electron chi connectivity index (χ4n) is 8.95. The quantitative estimate of drug-likeness (QED) is 0.250. The zero-order chi connectivity index (χ0) is 36.6. The highest BCUT2D eigenvalue weighted by molar-refractivity contribution is 5.95. The molecule has 0 unspecified atom stereocenters. The van der Waals surface area contributed by atoms with E-state index in [1.54, 1.807) is 27.7 Å². The highest BCUT2D eigenvalue weighted by atomic mass is 16.6. The van der Waals surface area contributed by atoms with Crippen molar-refractivity contribution < 1.29 is 66.7 Å². The Labute approximate surface area is 283 Å². The summed E-state index contributed by atoms with van der Waals surface area (Å²) in [6.45, 7) is 16.0. The molecule has 1 spiro atoms. The number of carbonyl (C=O) groups excluding carboxylic acids is 6. The summed E-state index contributed by atoms with van der Waals surface area (Å²) in [5, 5.41) is 12.4. The molecule has 3 heterocycles. The number of aliphatic hydroxyl groups excluding tert-OH is 1. The molecule has 2 bridgehead atoms. The maximum absolute atomic E-state index is 15.4. The molecule has 5 rings (SSSR count). The van der Waals surface area contributed by atoms with E-state index in [0.29, 0.717) is 5.56 Å². The van der Waals surface area contributed by atoms with Crippen LogP contribution in [0.2, 0.25) is 0 Å². The van der Waals surface area contributed by atoms with Crippen molar-refractivity contribution in [3.63, 3.8) is 0 Å². The van der Waals surface area contributed by atoms with Crippen LogP contribution >= 0.6 is 0 Å². The molecular formula is C35H44O14. The number of carbonyl (C=O) groups is 6. The van der Waals surface area contributed by atoms with Crippen molar-refractivity contribution in [1.82, 2.24) is 0 Å². The molecule has 2 aliphatic carbocycles. The third-order valence-corrected chi connectivity index (χ3v) is 11.4. The second-order valence-corrected chi connectivity index (χ2v) is 14.8. The first-order valence-electron chi connectivity index (χ1n) is 16.2. The number of ether oxygens (including phenoxy) is 6. The van der Waals surface area contributed by atoms with Gasteiger partial charge in [0, 0.05) is 24.8 Å². The molecule has 268 valence electrons. The van der Waals surface area contributed by atoms with Crippen molar-refractivity contribution in [2.75, 3.05) is 7.11 Å². The van der Waals surface area contributed by atoms with Gasteiger partial charge in [0.05, 0.1) is 54.8 Å². The van der Waals surface area contributed by atoms with E-state index in [4.69, 9.17) is 32.8 Å². The molecule has 14 nitrogen and oxygen atoms in total. The Bertz CT molecular complexity index is 1580. The molecule has 2 saturated carbocycles. The highest BCUT2D eigenvalue weighted by Crippen LogP contribution is 2.71. The second kappa shape index (κ2) is 12.1. The van der Waals surface area contributed by atoms with Crippen molar-refractivity contribution in [2.45, 2.75) is 104 Å². The largest absolute Gasteiger partial charge is 0.472 e. The van der Waals surface area contributed by atoms with Gasteiger partial charge in [-0.15, -0.1) is 0 Å². The molecule has 1 aromatic heterocycles. The Morgan fingerprint density at radius 2 is 1.65 bits per heavy atom. The van der Waals surface area contributed by atoms with Gasteiger partial charge in [0.2, 0.25) is 6.10 Å². The molecule has 0 radical (unpaired) electrons. The summed E-state index contributed by atoms with van der Waals surface area (Å²) < 4.78 is 40.9. The summed E-state index contributed by atoms with van der Waals surface area (Å²) in [5.41, 5.74) is -6.82. The van der Waals surface area contributed by atoms with Gasteiger partial charge >= 0.3 is 29.8 Å². The van der Waals surface area contributed by atoms with Crippen LogP contribution in [0.25, 0.3) is 0 Å². The molecular weight excluding hydrogens is 644 g/mol. The third kappa shape index (κ3) is 4.96. The first-order chi connectivity index (χ1) is 22.7. The van der Waals surface area contributed by atoms with Crippen molar-refractivity contribution in [1.29, 1.82) is 0 Å². The maximum Gasteiger partial charge on any atom is 0.351 e. The van der Waals surface area contributed by atoms with E-state index in [1.807, 2.05) is 0 Å². The fraction of sp³-hybridized carbons (Fsp3) is 0.657. The lowest BCUT2D eigenvalue weighted by atomic mass is 9.49. The Hall–Kier alpha value is -4.04. The van der Waals surface area contributed by atoms with Crippen LogP contribution < -0.4 is 0 Å². The van der Waals surface area contributed by atoms with E-state index >= 15 is 4.79 Å². The highest BCUT2D eigenvalue weighted by Gasteiger charge is 2.83. The van der Waals surface area contributed by atoms with Crippen molar-refractivity contribution in [2.24, 2.45) is 34.0 Å². The van der Waals surface area contributed by atoms with Gasteiger partial charge in [-0.05, 0) is 31.4 Å². The predicted octanol–water partition coefficient (Wildman–Crippen LogP) is 2.79. The molecule has 11 atom stereocenters. The second-order valence-electron chi connectivity index (χ2n) is 14.8. The summed E-state index contributed by atoms with van der Waals surface area (Å²) in [7, 11) is 1.19. The van der Waals surface area contributed by atoms with E-state index < -0.39 is 112 Å². The average molecular weight is 689 g/mol. The smallest absolute Gasteiger partial charge is 0.351 e. The molecule has 1 N–H and O–H groups in total. The molecule has 49 heavy (non-hydrogen) atoms. The SMILES string of the molecule is C=C1[C@H]2C(=O)[C@@]3(C)[C@@H](O[C@@]14[C@H](OC(C)=O)C(=O)O[C@@H](c1ccoc1)[C@]4(C)[C@H]2O)[C@@H](OC(=O)C(C)C)[C@H](OC(C)=O)C(C)(C)[C@@H]3CC(=O)OC. The van der Waals surface area contributed by atoms with Gasteiger partial charge in [-0.25, -0.2) is 4.79 Å². The number of esters is 5. The predicted molar refractivity (Wildman–Crippen MR) is 165 cm³/mol. The van der Waals surface area contributed by atoms with Gasteiger partial charge in [-0.3, -0.25) is 24.0 Å². The summed E-state index contributed by atoms with van der Waals surface area (Å²) in [4.78, 5) is 81.1. The van der Waals surface area contributed by atoms with E-state index in [-0.39, 0.29) is 12.0 Å². The van der Waals surface area contributed by atoms with Crippen LogP contribution in [-0.4, -0.2) is 84.0 Å². The Kier molecular flexibility index (Phi) is 8.93. The minimum atomic E-state index is -2.20. The molecule has 4 fully saturated rings. The Balaban J connectivity index is 1.87. The standard InChI is InChI=1S/C35H44O14/c1-15(2)30(41)47-23-27(45-17(4)36)32(6,7)20(13-21(38)43-10)33(8)24(39)22-16(3)35(49-28(23)33)29(46-18(5)37)31(42)48-26(19-11-12-44-14-19)34(35,9)25(22)40/h11-12,14-15,20,22-23,25-29,40H,3,13H2,1-2,4-10H3/t20-,22-,23-,25-,26-,27-,28-,29+,33-,34-,35+/m0/s1. The minimum absolute atomic E-state index is 0.0767. The number of rotatable bonds is 7. The molecule has 2 saturated heterocycles. The number of hydrogen-bond acceptors (Lipinski definition) is 14. The summed E-state index contributed by atoms with van der Waals surface area (Å²) >= 11 is 0. The summed E-state index contributed by atoms with van der Waals surface area (Å²) in [6, 6.07) is 1.51. The van der Waals surface area contributed by atoms with Crippen molar-refractivity contribution in [3.8, 4) is 0 Å². The zero-order valence-corrected chi connectivity index (χ0v) is 29.1. The fourth-order valence-corrected chi connectivity index (χ4v) is 8.95. The van der Waals surface area contributed by atoms with Gasteiger partial charge in [0.25, 0.3) is 0 Å². The first-order valence-corrected chi connectivity index (χ1v) is 16.2. The number of hydrogen-bond donors (Lipinski definition) is 1. The number of Topliss-reactive ketones (excluding diaryl/α,β-unsaturated/α-hetero) is 1. The van der Waals surface area contributed by atoms with Gasteiger partial charge in [0.15, 0.2) is 11.9 Å². The number of furan rings is 1. The Morgan fingerprint density at radius 3 is 2.18 bits per heavy atom. The molecule has 1 aromatic rings. The van der Waals surface area contributed by atoms with Gasteiger partial charge in [0.1, 0.15) is 23.9 Å². The first kappa shape index (κ1) is 36.2. The number of ketones is 1. The van der Waals surface area contributed by atoms with E-state index in [9.17, 15) is 29.1 Å². The molecule has 14 heteroatoms. The topological polar surface area (TPSA) is 191 Å². The number of fused-ring (bicyclic) bond motifs is 2.